The molecule has 3 rings (SSSR count). The molecule has 0 spiro atoms. The minimum atomic E-state index is -0.686. The van der Waals surface area contributed by atoms with E-state index >= 15 is 0 Å². The summed E-state index contributed by atoms with van der Waals surface area (Å²) < 4.78 is 14.9. The van der Waals surface area contributed by atoms with Crippen LogP contribution in [-0.2, 0) is 11.4 Å². The van der Waals surface area contributed by atoms with E-state index in [-0.39, 0.29) is 42.7 Å². The minimum absolute atomic E-state index is 0.0591. The minimum Gasteiger partial charge on any atom is -0.394 e. The van der Waals surface area contributed by atoms with E-state index in [9.17, 15) is 14.0 Å². The number of hydrogen-bond acceptors (Lipinski definition) is 6. The van der Waals surface area contributed by atoms with Crippen LogP contribution in [0, 0.1) is 9.39 Å². The standard InChI is InChI=1S/C16H14FIN4O4/c17-10-5-8(18)1-2-11(10)20-12-6-9-13(7-19-15(9)24)21-14(12)16(25)22-26-4-3-23/h1-2,5-6,20,23H,3-4,7H2,(H,19,24)(H,22,25). The molecule has 2 amide bonds. The molecule has 2 heterocycles. The third kappa shape index (κ3) is 3.92. The van der Waals surface area contributed by atoms with Crippen LogP contribution in [0.3, 0.4) is 0 Å². The largest absolute Gasteiger partial charge is 0.394 e. The monoisotopic (exact) mass is 472 g/mol. The average Bonchev–Trinajstić information content (AvgIpc) is 2.97. The van der Waals surface area contributed by atoms with E-state index in [0.717, 1.165) is 0 Å². The fourth-order valence-corrected chi connectivity index (χ4v) is 2.81. The van der Waals surface area contributed by atoms with E-state index in [1.54, 1.807) is 6.07 Å². The fourth-order valence-electron chi connectivity index (χ4n) is 2.36. The molecule has 0 saturated heterocycles. The fraction of sp³-hybridized carbons (Fsp3) is 0.188. The summed E-state index contributed by atoms with van der Waals surface area (Å²) in [7, 11) is 0. The SMILES string of the molecule is O=C1NCc2nc(C(=O)NOCCO)c(Nc3ccc(I)cc3F)cc21. The number of benzene rings is 1. The van der Waals surface area contributed by atoms with E-state index in [1.807, 2.05) is 22.6 Å². The van der Waals surface area contributed by atoms with Crippen molar-refractivity contribution in [2.75, 3.05) is 18.5 Å². The van der Waals surface area contributed by atoms with Crippen molar-refractivity contribution in [3.8, 4) is 0 Å². The van der Waals surface area contributed by atoms with Gasteiger partial charge in [0.15, 0.2) is 5.69 Å². The Morgan fingerprint density at radius 3 is 2.92 bits per heavy atom. The van der Waals surface area contributed by atoms with Crippen molar-refractivity contribution >= 4 is 45.8 Å². The molecule has 0 radical (unpaired) electrons. The Kier molecular flexibility index (Phi) is 5.64. The smallest absolute Gasteiger partial charge is 0.295 e. The lowest BCUT2D eigenvalue weighted by Gasteiger charge is -2.13. The van der Waals surface area contributed by atoms with E-state index in [2.05, 4.69) is 21.1 Å². The number of aromatic nitrogens is 1. The van der Waals surface area contributed by atoms with E-state index in [0.29, 0.717) is 14.8 Å². The molecule has 2 aromatic rings. The molecule has 0 saturated carbocycles. The number of halogens is 2. The summed E-state index contributed by atoms with van der Waals surface area (Å²) in [5.41, 5.74) is 3.11. The number of fused-ring (bicyclic) bond motifs is 1. The van der Waals surface area contributed by atoms with Crippen LogP contribution in [0.4, 0.5) is 15.8 Å². The number of hydroxylamine groups is 1. The van der Waals surface area contributed by atoms with Gasteiger partial charge in [0.05, 0.1) is 42.4 Å². The van der Waals surface area contributed by atoms with Gasteiger partial charge in [-0.3, -0.25) is 14.4 Å². The van der Waals surface area contributed by atoms with Crippen molar-refractivity contribution in [2.24, 2.45) is 0 Å². The second-order valence-corrected chi connectivity index (χ2v) is 6.56. The number of anilines is 2. The number of amides is 2. The van der Waals surface area contributed by atoms with Gasteiger partial charge in [0, 0.05) is 3.57 Å². The first-order valence-electron chi connectivity index (χ1n) is 7.56. The molecule has 0 aliphatic carbocycles. The lowest BCUT2D eigenvalue weighted by atomic mass is 10.1. The second-order valence-electron chi connectivity index (χ2n) is 5.31. The number of carbonyl (C=O) groups is 2. The van der Waals surface area contributed by atoms with Gasteiger partial charge in [-0.25, -0.2) is 14.9 Å². The highest BCUT2D eigenvalue weighted by molar-refractivity contribution is 14.1. The summed E-state index contributed by atoms with van der Waals surface area (Å²) in [6.45, 7) is -0.162. The van der Waals surface area contributed by atoms with Crippen LogP contribution in [0.5, 0.6) is 0 Å². The van der Waals surface area contributed by atoms with Gasteiger partial charge < -0.3 is 15.7 Å². The first-order chi connectivity index (χ1) is 12.5. The molecular weight excluding hydrogens is 458 g/mol. The van der Waals surface area contributed by atoms with Crippen LogP contribution in [0.1, 0.15) is 26.5 Å². The Labute approximate surface area is 161 Å². The number of aliphatic hydroxyl groups excluding tert-OH is 1. The Morgan fingerprint density at radius 1 is 1.38 bits per heavy atom. The maximum absolute atomic E-state index is 14.1. The number of aliphatic hydroxyl groups is 1. The first kappa shape index (κ1) is 18.5. The third-order valence-electron chi connectivity index (χ3n) is 3.54. The molecule has 26 heavy (non-hydrogen) atoms. The number of rotatable bonds is 6. The van der Waals surface area contributed by atoms with Crippen LogP contribution in [0.15, 0.2) is 24.3 Å². The van der Waals surface area contributed by atoms with E-state index < -0.39 is 11.7 Å². The van der Waals surface area contributed by atoms with Gasteiger partial charge >= 0.3 is 0 Å². The van der Waals surface area contributed by atoms with Gasteiger partial charge in [0.2, 0.25) is 0 Å². The Bertz CT molecular complexity index is 878. The van der Waals surface area contributed by atoms with E-state index in [4.69, 9.17) is 9.94 Å². The van der Waals surface area contributed by atoms with Gasteiger partial charge in [0.25, 0.3) is 11.8 Å². The molecule has 0 atom stereocenters. The summed E-state index contributed by atoms with van der Waals surface area (Å²) in [5, 5.41) is 14.1. The average molecular weight is 472 g/mol. The number of pyridine rings is 1. The highest BCUT2D eigenvalue weighted by atomic mass is 127. The zero-order valence-corrected chi connectivity index (χ0v) is 15.5. The molecule has 1 aliphatic heterocycles. The van der Waals surface area contributed by atoms with Crippen LogP contribution in [-0.4, -0.2) is 35.1 Å². The predicted octanol–water partition coefficient (Wildman–Crippen LogP) is 1.47. The molecule has 4 N–H and O–H groups in total. The van der Waals surface area contributed by atoms with Gasteiger partial charge in [0.1, 0.15) is 5.82 Å². The number of carbonyl (C=O) groups excluding carboxylic acids is 2. The van der Waals surface area contributed by atoms with Crippen molar-refractivity contribution in [2.45, 2.75) is 6.54 Å². The van der Waals surface area contributed by atoms with Crippen LogP contribution >= 0.6 is 22.6 Å². The van der Waals surface area contributed by atoms with Gasteiger partial charge in [-0.15, -0.1) is 0 Å². The molecular formula is C16H14FIN4O4. The number of nitrogens with zero attached hydrogens (tertiary/aromatic N) is 1. The van der Waals surface area contributed by atoms with Gasteiger partial charge in [-0.05, 0) is 46.9 Å². The van der Waals surface area contributed by atoms with Gasteiger partial charge in [-0.2, -0.15) is 0 Å². The van der Waals surface area contributed by atoms with Crippen molar-refractivity contribution < 1.29 is 23.9 Å². The maximum Gasteiger partial charge on any atom is 0.295 e. The highest BCUT2D eigenvalue weighted by Crippen LogP contribution is 2.27. The molecule has 0 fully saturated rings. The molecule has 1 aromatic carbocycles. The summed E-state index contributed by atoms with van der Waals surface area (Å²) in [4.78, 5) is 33.2. The Morgan fingerprint density at radius 2 is 2.19 bits per heavy atom. The normalized spacial score (nSPS) is 12.5. The summed E-state index contributed by atoms with van der Waals surface area (Å²) in [6, 6.07) is 6.00. The van der Waals surface area contributed by atoms with E-state index in [1.165, 1.54) is 18.2 Å². The molecule has 0 unspecified atom stereocenters. The maximum atomic E-state index is 14.1. The third-order valence-corrected chi connectivity index (χ3v) is 4.21. The summed E-state index contributed by atoms with van der Waals surface area (Å²) in [6.07, 6.45) is 0. The zero-order chi connectivity index (χ0) is 18.7. The molecule has 10 heteroatoms. The number of nitrogens with one attached hydrogen (secondary N) is 3. The lowest BCUT2D eigenvalue weighted by molar-refractivity contribution is 0.0165. The van der Waals surface area contributed by atoms with Crippen LogP contribution in [0.25, 0.3) is 0 Å². The molecule has 8 nitrogen and oxygen atoms in total. The van der Waals surface area contributed by atoms with Crippen molar-refractivity contribution in [3.05, 3.63) is 50.6 Å². The molecule has 1 aliphatic rings. The molecule has 136 valence electrons. The Hall–Kier alpha value is -2.31. The summed E-state index contributed by atoms with van der Waals surface area (Å²) in [5.74, 6) is -1.51. The second kappa shape index (κ2) is 7.93. The summed E-state index contributed by atoms with van der Waals surface area (Å²) >= 11 is 1.98. The quantitative estimate of drug-likeness (QED) is 0.288. The zero-order valence-electron chi connectivity index (χ0n) is 13.3. The predicted molar refractivity (Wildman–Crippen MR) is 98.3 cm³/mol. The first-order valence-corrected chi connectivity index (χ1v) is 8.64. The van der Waals surface area contributed by atoms with Gasteiger partial charge in [-0.1, -0.05) is 0 Å². The van der Waals surface area contributed by atoms with Crippen LogP contribution < -0.4 is 16.1 Å². The van der Waals surface area contributed by atoms with Crippen molar-refractivity contribution in [3.63, 3.8) is 0 Å². The number of hydrogen-bond donors (Lipinski definition) is 4. The topological polar surface area (TPSA) is 113 Å². The van der Waals surface area contributed by atoms with Crippen LogP contribution in [0.2, 0.25) is 0 Å². The Balaban J connectivity index is 1.97. The molecule has 1 aromatic heterocycles. The van der Waals surface area contributed by atoms with Crippen molar-refractivity contribution in [1.82, 2.24) is 15.8 Å². The van der Waals surface area contributed by atoms with Crippen molar-refractivity contribution in [1.29, 1.82) is 0 Å². The highest BCUT2D eigenvalue weighted by Gasteiger charge is 2.25. The lowest BCUT2D eigenvalue weighted by Crippen LogP contribution is -2.27. The molecule has 0 bridgehead atoms.